The van der Waals surface area contributed by atoms with E-state index in [0.29, 0.717) is 32.1 Å². The van der Waals surface area contributed by atoms with E-state index >= 15 is 0 Å². The number of piperidine rings is 1. The van der Waals surface area contributed by atoms with Crippen molar-refractivity contribution in [2.45, 2.75) is 46.1 Å². The van der Waals surface area contributed by atoms with E-state index in [1.54, 1.807) is 16.2 Å². The van der Waals surface area contributed by atoms with E-state index in [0.717, 1.165) is 34.0 Å². The predicted molar refractivity (Wildman–Crippen MR) is 100 cm³/mol. The molecule has 0 saturated carbocycles. The minimum Gasteiger partial charge on any atom is -0.347 e. The van der Waals surface area contributed by atoms with Gasteiger partial charge in [0.25, 0.3) is 0 Å². The summed E-state index contributed by atoms with van der Waals surface area (Å²) in [5, 5.41) is 8.12. The van der Waals surface area contributed by atoms with Crippen molar-refractivity contribution in [2.24, 2.45) is 0 Å². The molecule has 0 aliphatic carbocycles. The number of rotatable bonds is 4. The Hall–Kier alpha value is -2.22. The second-order valence-electron chi connectivity index (χ2n) is 6.77. The van der Waals surface area contributed by atoms with Crippen LogP contribution < -0.4 is 5.32 Å². The first-order valence-corrected chi connectivity index (χ1v) is 9.76. The smallest absolute Gasteiger partial charge is 0.311 e. The molecule has 26 heavy (non-hydrogen) atoms. The van der Waals surface area contributed by atoms with E-state index < -0.39 is 11.8 Å². The van der Waals surface area contributed by atoms with Crippen LogP contribution in [0, 0.1) is 20.8 Å². The van der Waals surface area contributed by atoms with Gasteiger partial charge < -0.3 is 10.2 Å². The van der Waals surface area contributed by atoms with Gasteiger partial charge in [-0.2, -0.15) is 5.10 Å². The number of likely N-dealkylation sites (tertiary alicyclic amines) is 1. The summed E-state index contributed by atoms with van der Waals surface area (Å²) in [5.41, 5.74) is 2.14. The molecule has 2 amide bonds. The molecule has 1 fully saturated rings. The van der Waals surface area contributed by atoms with Crippen molar-refractivity contribution in [3.63, 3.8) is 0 Å². The van der Waals surface area contributed by atoms with Crippen LogP contribution in [0.5, 0.6) is 0 Å². The number of hydrogen-bond donors (Lipinski definition) is 1. The van der Waals surface area contributed by atoms with Crippen molar-refractivity contribution in [1.82, 2.24) is 25.0 Å². The minimum atomic E-state index is -0.516. The molecule has 0 spiro atoms. The van der Waals surface area contributed by atoms with Crippen molar-refractivity contribution < 1.29 is 9.59 Å². The van der Waals surface area contributed by atoms with Crippen molar-refractivity contribution in [3.05, 3.63) is 33.5 Å². The molecule has 1 saturated heterocycles. The summed E-state index contributed by atoms with van der Waals surface area (Å²) >= 11 is 1.64. The van der Waals surface area contributed by atoms with E-state index in [1.807, 2.05) is 37.8 Å². The van der Waals surface area contributed by atoms with Crippen LogP contribution in [0.15, 0.2) is 12.4 Å². The Balaban J connectivity index is 1.44. The van der Waals surface area contributed by atoms with Gasteiger partial charge in [-0.1, -0.05) is 0 Å². The quantitative estimate of drug-likeness (QED) is 0.826. The summed E-state index contributed by atoms with van der Waals surface area (Å²) in [6.07, 6.45) is 6.21. The zero-order chi connectivity index (χ0) is 18.7. The zero-order valence-corrected chi connectivity index (χ0v) is 16.3. The minimum absolute atomic E-state index is 0.299. The number of aryl methyl sites for hydroxylation is 3. The van der Waals surface area contributed by atoms with Gasteiger partial charge in [-0.3, -0.25) is 14.3 Å². The Labute approximate surface area is 157 Å². The molecule has 1 N–H and O–H groups in total. The number of carbonyl (C=O) groups is 2. The molecule has 0 radical (unpaired) electrons. The van der Waals surface area contributed by atoms with Crippen molar-refractivity contribution >= 4 is 23.2 Å². The highest BCUT2D eigenvalue weighted by atomic mass is 32.1. The fourth-order valence-corrected chi connectivity index (χ4v) is 4.22. The molecule has 7 nitrogen and oxygen atoms in total. The van der Waals surface area contributed by atoms with E-state index in [1.165, 1.54) is 0 Å². The van der Waals surface area contributed by atoms with Crippen LogP contribution in [0.3, 0.4) is 0 Å². The molecule has 1 aliphatic heterocycles. The zero-order valence-electron chi connectivity index (χ0n) is 15.5. The normalized spacial score (nSPS) is 15.3. The summed E-state index contributed by atoms with van der Waals surface area (Å²) in [6.45, 7) is 7.58. The Morgan fingerprint density at radius 3 is 2.58 bits per heavy atom. The van der Waals surface area contributed by atoms with Crippen molar-refractivity contribution in [1.29, 1.82) is 0 Å². The SMILES string of the molecule is Cc1cnn(C2CCN(C(=O)C(=O)NCCc3sc(C)nc3C)CC2)c1. The van der Waals surface area contributed by atoms with Gasteiger partial charge >= 0.3 is 11.8 Å². The van der Waals surface area contributed by atoms with Crippen molar-refractivity contribution in [2.75, 3.05) is 19.6 Å². The highest BCUT2D eigenvalue weighted by Crippen LogP contribution is 2.22. The molecule has 2 aromatic heterocycles. The summed E-state index contributed by atoms with van der Waals surface area (Å²) < 4.78 is 1.97. The van der Waals surface area contributed by atoms with Crippen LogP contribution in [0.4, 0.5) is 0 Å². The lowest BCUT2D eigenvalue weighted by atomic mass is 10.1. The van der Waals surface area contributed by atoms with Gasteiger partial charge in [0.1, 0.15) is 0 Å². The third-order valence-corrected chi connectivity index (χ3v) is 5.82. The number of nitrogens with one attached hydrogen (secondary N) is 1. The van der Waals surface area contributed by atoms with E-state index in [4.69, 9.17) is 0 Å². The van der Waals surface area contributed by atoms with E-state index in [-0.39, 0.29) is 0 Å². The lowest BCUT2D eigenvalue weighted by Crippen LogP contribution is -2.47. The van der Waals surface area contributed by atoms with Crippen LogP contribution in [0.2, 0.25) is 0 Å². The number of nitrogens with zero attached hydrogens (tertiary/aromatic N) is 4. The van der Waals surface area contributed by atoms with Crippen LogP contribution in [-0.4, -0.2) is 51.1 Å². The second kappa shape index (κ2) is 7.99. The molecule has 0 unspecified atom stereocenters. The van der Waals surface area contributed by atoms with Crippen LogP contribution in [-0.2, 0) is 16.0 Å². The summed E-state index contributed by atoms with van der Waals surface area (Å²) in [7, 11) is 0. The molecule has 3 heterocycles. The number of carbonyl (C=O) groups excluding carboxylic acids is 2. The molecular formula is C18H25N5O2S. The van der Waals surface area contributed by atoms with Crippen LogP contribution >= 0.6 is 11.3 Å². The summed E-state index contributed by atoms with van der Waals surface area (Å²) in [4.78, 5) is 31.7. The average Bonchev–Trinajstić information content (AvgIpc) is 3.19. The van der Waals surface area contributed by atoms with Gasteiger partial charge in [0.15, 0.2) is 0 Å². The van der Waals surface area contributed by atoms with Crippen molar-refractivity contribution in [3.8, 4) is 0 Å². The first kappa shape index (κ1) is 18.6. The third-order valence-electron chi connectivity index (χ3n) is 4.69. The maximum atomic E-state index is 12.3. The Morgan fingerprint density at radius 2 is 2.00 bits per heavy atom. The average molecular weight is 375 g/mol. The number of hydrogen-bond acceptors (Lipinski definition) is 5. The van der Waals surface area contributed by atoms with E-state index in [9.17, 15) is 9.59 Å². The van der Waals surface area contributed by atoms with E-state index in [2.05, 4.69) is 15.4 Å². The standard InChI is InChI=1S/C18H25N5O2S/c1-12-10-20-23(11-12)15-5-8-22(9-6-15)18(25)17(24)19-7-4-16-13(2)21-14(3)26-16/h10-11,15H,4-9H2,1-3H3,(H,19,24). The predicted octanol–water partition coefficient (Wildman–Crippen LogP) is 1.79. The molecule has 0 bridgehead atoms. The van der Waals surface area contributed by atoms with Crippen LogP contribution in [0.25, 0.3) is 0 Å². The van der Waals surface area contributed by atoms with Gasteiger partial charge in [0.05, 0.1) is 22.9 Å². The first-order chi connectivity index (χ1) is 12.4. The molecule has 2 aromatic rings. The molecule has 3 rings (SSSR count). The fourth-order valence-electron chi connectivity index (χ4n) is 3.28. The summed E-state index contributed by atoms with van der Waals surface area (Å²) in [5.74, 6) is -0.949. The molecular weight excluding hydrogens is 350 g/mol. The second-order valence-corrected chi connectivity index (χ2v) is 8.06. The largest absolute Gasteiger partial charge is 0.347 e. The molecule has 140 valence electrons. The maximum Gasteiger partial charge on any atom is 0.311 e. The lowest BCUT2D eigenvalue weighted by Gasteiger charge is -2.31. The third kappa shape index (κ3) is 4.30. The topological polar surface area (TPSA) is 80.1 Å². The van der Waals surface area contributed by atoms with Gasteiger partial charge in [0.2, 0.25) is 0 Å². The Bertz CT molecular complexity index is 789. The maximum absolute atomic E-state index is 12.3. The molecule has 0 aromatic carbocycles. The molecule has 0 atom stereocenters. The molecule has 8 heteroatoms. The highest BCUT2D eigenvalue weighted by Gasteiger charge is 2.27. The monoisotopic (exact) mass is 375 g/mol. The number of thiazole rings is 1. The summed E-state index contributed by atoms with van der Waals surface area (Å²) in [6, 6.07) is 0.299. The first-order valence-electron chi connectivity index (χ1n) is 8.95. The van der Waals surface area contributed by atoms with Gasteiger partial charge in [0, 0.05) is 37.1 Å². The van der Waals surface area contributed by atoms with Gasteiger partial charge in [-0.25, -0.2) is 4.98 Å². The fraction of sp³-hybridized carbons (Fsp3) is 0.556. The number of aromatic nitrogens is 3. The Kier molecular flexibility index (Phi) is 5.70. The highest BCUT2D eigenvalue weighted by molar-refractivity contribution is 7.11. The lowest BCUT2D eigenvalue weighted by molar-refractivity contribution is -0.146. The van der Waals surface area contributed by atoms with Gasteiger partial charge in [-0.05, 0) is 39.2 Å². The molecule has 1 aliphatic rings. The Morgan fingerprint density at radius 1 is 1.27 bits per heavy atom. The van der Waals surface area contributed by atoms with Gasteiger partial charge in [-0.15, -0.1) is 11.3 Å². The van der Waals surface area contributed by atoms with Crippen LogP contribution in [0.1, 0.15) is 40.0 Å². The number of amides is 2.